The molecule has 0 atom stereocenters. The highest BCUT2D eigenvalue weighted by Crippen LogP contribution is 2.27. The minimum atomic E-state index is -0.247. The van der Waals surface area contributed by atoms with E-state index in [2.05, 4.69) is 10.3 Å². The molecule has 0 aliphatic heterocycles. The predicted molar refractivity (Wildman–Crippen MR) is 77.2 cm³/mol. The lowest BCUT2D eigenvalue weighted by Crippen LogP contribution is -1.88. The molecule has 0 unspecified atom stereocenters. The van der Waals surface area contributed by atoms with E-state index < -0.39 is 0 Å². The first-order valence-electron chi connectivity index (χ1n) is 5.85. The van der Waals surface area contributed by atoms with Gasteiger partial charge in [-0.15, -0.1) is 11.3 Å². The molecular weight excluding hydrogens is 259 g/mol. The number of rotatable bonds is 3. The van der Waals surface area contributed by atoms with Crippen molar-refractivity contribution in [2.24, 2.45) is 0 Å². The van der Waals surface area contributed by atoms with Crippen LogP contribution in [0.3, 0.4) is 0 Å². The van der Waals surface area contributed by atoms with Crippen molar-refractivity contribution in [3.63, 3.8) is 0 Å². The van der Waals surface area contributed by atoms with E-state index in [1.165, 1.54) is 23.5 Å². The first-order valence-corrected chi connectivity index (χ1v) is 6.73. The number of hydrogen-bond donors (Lipinski definition) is 1. The van der Waals surface area contributed by atoms with Crippen LogP contribution >= 0.6 is 11.3 Å². The van der Waals surface area contributed by atoms with Gasteiger partial charge < -0.3 is 5.32 Å². The maximum absolute atomic E-state index is 13.2. The van der Waals surface area contributed by atoms with E-state index in [9.17, 15) is 4.39 Å². The number of aromatic nitrogens is 1. The number of para-hydroxylation sites is 1. The lowest BCUT2D eigenvalue weighted by Gasteiger charge is -2.01. The first-order chi connectivity index (χ1) is 9.31. The van der Waals surface area contributed by atoms with Crippen LogP contribution in [0.4, 0.5) is 15.2 Å². The van der Waals surface area contributed by atoms with Crippen molar-refractivity contribution in [2.45, 2.75) is 0 Å². The van der Waals surface area contributed by atoms with Gasteiger partial charge >= 0.3 is 0 Å². The second-order valence-corrected chi connectivity index (χ2v) is 4.90. The third-order valence-corrected chi connectivity index (χ3v) is 3.41. The number of anilines is 2. The number of nitrogens with zero attached hydrogens (tertiary/aromatic N) is 1. The molecule has 0 spiro atoms. The van der Waals surface area contributed by atoms with Gasteiger partial charge in [-0.1, -0.05) is 30.3 Å². The number of hydrogen-bond acceptors (Lipinski definition) is 3. The Morgan fingerprint density at radius 3 is 2.63 bits per heavy atom. The van der Waals surface area contributed by atoms with Gasteiger partial charge in [0.25, 0.3) is 0 Å². The summed E-state index contributed by atoms with van der Waals surface area (Å²) in [6.07, 6.45) is 0. The van der Waals surface area contributed by atoms with Crippen molar-refractivity contribution in [2.75, 3.05) is 5.32 Å². The van der Waals surface area contributed by atoms with Gasteiger partial charge in [0.15, 0.2) is 5.13 Å². The lowest BCUT2D eigenvalue weighted by molar-refractivity contribution is 0.628. The summed E-state index contributed by atoms with van der Waals surface area (Å²) in [5.41, 5.74) is 2.56. The Labute approximate surface area is 114 Å². The quantitative estimate of drug-likeness (QED) is 0.746. The fraction of sp³-hybridized carbons (Fsp3) is 0. The molecule has 1 N–H and O–H groups in total. The Morgan fingerprint density at radius 1 is 1.00 bits per heavy atom. The Morgan fingerprint density at radius 2 is 1.84 bits per heavy atom. The molecule has 0 aliphatic carbocycles. The zero-order valence-electron chi connectivity index (χ0n) is 10.0. The molecule has 1 heterocycles. The van der Waals surface area contributed by atoms with Crippen LogP contribution in [0.1, 0.15) is 0 Å². The molecule has 19 heavy (non-hydrogen) atoms. The molecule has 2 aromatic carbocycles. The minimum Gasteiger partial charge on any atom is -0.332 e. The van der Waals surface area contributed by atoms with Crippen LogP contribution in [0.25, 0.3) is 11.3 Å². The average Bonchev–Trinajstić information content (AvgIpc) is 2.88. The molecule has 0 bridgehead atoms. The van der Waals surface area contributed by atoms with E-state index in [0.717, 1.165) is 22.1 Å². The highest BCUT2D eigenvalue weighted by molar-refractivity contribution is 7.14. The Balaban J connectivity index is 1.84. The van der Waals surface area contributed by atoms with Gasteiger partial charge in [0, 0.05) is 16.6 Å². The second-order valence-electron chi connectivity index (χ2n) is 4.04. The average molecular weight is 270 g/mol. The Kier molecular flexibility index (Phi) is 3.25. The molecule has 2 nitrogen and oxygen atoms in total. The maximum atomic E-state index is 13.2. The van der Waals surface area contributed by atoms with Gasteiger partial charge in [-0.25, -0.2) is 9.37 Å². The fourth-order valence-electron chi connectivity index (χ4n) is 1.76. The molecule has 3 aromatic rings. The van der Waals surface area contributed by atoms with Crippen molar-refractivity contribution in [3.8, 4) is 11.3 Å². The second kappa shape index (κ2) is 5.20. The van der Waals surface area contributed by atoms with Crippen LogP contribution in [-0.2, 0) is 0 Å². The molecule has 4 heteroatoms. The maximum Gasteiger partial charge on any atom is 0.187 e. The number of nitrogens with one attached hydrogen (secondary N) is 1. The van der Waals surface area contributed by atoms with Crippen molar-refractivity contribution < 1.29 is 4.39 Å². The molecule has 0 saturated heterocycles. The molecule has 0 saturated carbocycles. The van der Waals surface area contributed by atoms with Crippen molar-refractivity contribution >= 4 is 22.2 Å². The highest BCUT2D eigenvalue weighted by atomic mass is 32.1. The van der Waals surface area contributed by atoms with E-state index >= 15 is 0 Å². The molecule has 1 aromatic heterocycles. The fourth-order valence-corrected chi connectivity index (χ4v) is 2.50. The van der Waals surface area contributed by atoms with Gasteiger partial charge in [0.05, 0.1) is 5.69 Å². The van der Waals surface area contributed by atoms with Crippen LogP contribution in [0.2, 0.25) is 0 Å². The molecule has 0 aliphatic rings. The van der Waals surface area contributed by atoms with Crippen LogP contribution in [0.5, 0.6) is 0 Å². The van der Waals surface area contributed by atoms with Crippen LogP contribution < -0.4 is 5.32 Å². The van der Waals surface area contributed by atoms with Gasteiger partial charge in [0.1, 0.15) is 5.82 Å². The summed E-state index contributed by atoms with van der Waals surface area (Å²) in [6, 6.07) is 16.3. The Hall–Kier alpha value is -2.20. The molecule has 0 amide bonds. The summed E-state index contributed by atoms with van der Waals surface area (Å²) < 4.78 is 13.2. The normalized spacial score (nSPS) is 10.4. The van der Waals surface area contributed by atoms with Crippen molar-refractivity contribution in [1.29, 1.82) is 0 Å². The lowest BCUT2D eigenvalue weighted by atomic mass is 10.2. The summed E-state index contributed by atoms with van der Waals surface area (Å²) in [5, 5.41) is 5.94. The zero-order chi connectivity index (χ0) is 13.1. The van der Waals surface area contributed by atoms with Crippen LogP contribution in [0.15, 0.2) is 60.0 Å². The van der Waals surface area contributed by atoms with E-state index in [-0.39, 0.29) is 5.82 Å². The third-order valence-electron chi connectivity index (χ3n) is 2.65. The smallest absolute Gasteiger partial charge is 0.187 e. The van der Waals surface area contributed by atoms with E-state index in [0.29, 0.717) is 0 Å². The Bertz CT molecular complexity index is 679. The summed E-state index contributed by atoms with van der Waals surface area (Å²) in [6.45, 7) is 0. The van der Waals surface area contributed by atoms with Gasteiger partial charge in [0.2, 0.25) is 0 Å². The summed E-state index contributed by atoms with van der Waals surface area (Å²) in [5.74, 6) is -0.247. The van der Waals surface area contributed by atoms with Crippen molar-refractivity contribution in [1.82, 2.24) is 4.98 Å². The largest absolute Gasteiger partial charge is 0.332 e. The standard InChI is InChI=1S/C15H11FN2S/c16-12-6-4-5-11(9-12)14-10-19-15(18-14)17-13-7-2-1-3-8-13/h1-10H,(H,17,18). The number of halogens is 1. The summed E-state index contributed by atoms with van der Waals surface area (Å²) >= 11 is 1.50. The van der Waals surface area contributed by atoms with E-state index in [1.807, 2.05) is 41.8 Å². The van der Waals surface area contributed by atoms with E-state index in [1.54, 1.807) is 6.07 Å². The predicted octanol–water partition coefficient (Wildman–Crippen LogP) is 4.69. The highest BCUT2D eigenvalue weighted by Gasteiger charge is 2.05. The van der Waals surface area contributed by atoms with Gasteiger partial charge in [-0.3, -0.25) is 0 Å². The monoisotopic (exact) mass is 270 g/mol. The summed E-state index contributed by atoms with van der Waals surface area (Å²) in [4.78, 5) is 4.46. The van der Waals surface area contributed by atoms with Crippen LogP contribution in [0, 0.1) is 5.82 Å². The molecule has 94 valence electrons. The topological polar surface area (TPSA) is 24.9 Å². The third kappa shape index (κ3) is 2.80. The number of benzene rings is 2. The molecular formula is C15H11FN2S. The molecule has 0 fully saturated rings. The van der Waals surface area contributed by atoms with Gasteiger partial charge in [-0.2, -0.15) is 0 Å². The SMILES string of the molecule is Fc1cccc(-c2csc(Nc3ccccc3)n2)c1. The first kappa shape index (κ1) is 11.9. The van der Waals surface area contributed by atoms with E-state index in [4.69, 9.17) is 0 Å². The van der Waals surface area contributed by atoms with Crippen molar-refractivity contribution in [3.05, 3.63) is 65.8 Å². The molecule has 3 rings (SSSR count). The minimum absolute atomic E-state index is 0.247. The molecule has 0 radical (unpaired) electrons. The van der Waals surface area contributed by atoms with Gasteiger partial charge in [-0.05, 0) is 24.3 Å². The number of thiazole rings is 1. The zero-order valence-corrected chi connectivity index (χ0v) is 10.8. The summed E-state index contributed by atoms with van der Waals surface area (Å²) in [7, 11) is 0. The van der Waals surface area contributed by atoms with Crippen LogP contribution in [-0.4, -0.2) is 4.98 Å².